The molecule has 0 saturated carbocycles. The van der Waals surface area contributed by atoms with Crippen LogP contribution in [0.15, 0.2) is 23.0 Å². The molecule has 0 radical (unpaired) electrons. The highest BCUT2D eigenvalue weighted by molar-refractivity contribution is 7.20. The summed E-state index contributed by atoms with van der Waals surface area (Å²) in [6.45, 7) is 0.292. The van der Waals surface area contributed by atoms with E-state index in [0.717, 1.165) is 9.75 Å². The molecule has 0 fully saturated rings. The minimum atomic E-state index is -1.36. The average Bonchev–Trinajstić information content (AvgIpc) is 3.02. The van der Waals surface area contributed by atoms with Crippen molar-refractivity contribution in [2.75, 3.05) is 13.1 Å². The van der Waals surface area contributed by atoms with Crippen LogP contribution in [-0.4, -0.2) is 30.1 Å². The van der Waals surface area contributed by atoms with Gasteiger partial charge in [0.2, 0.25) is 0 Å². The largest absolute Gasteiger partial charge is 0.530 e. The second-order valence-corrected chi connectivity index (χ2v) is 5.28. The first-order chi connectivity index (χ1) is 9.18. The third-order valence-corrected chi connectivity index (χ3v) is 4.08. The molecule has 2 aromatic rings. The van der Waals surface area contributed by atoms with Gasteiger partial charge in [-0.15, -0.1) is 22.7 Å². The molecule has 2 aromatic heterocycles. The minimum Gasteiger partial charge on any atom is -0.530 e. The van der Waals surface area contributed by atoms with Crippen LogP contribution in [0.25, 0.3) is 9.75 Å². The third kappa shape index (κ3) is 3.52. The number of hydrogen-bond donors (Lipinski definition) is 2. The Kier molecular flexibility index (Phi) is 4.48. The summed E-state index contributed by atoms with van der Waals surface area (Å²) >= 11 is 2.94. The van der Waals surface area contributed by atoms with Crippen LogP contribution in [0.3, 0.4) is 0 Å². The molecule has 0 bridgehead atoms. The predicted octanol–water partition coefficient (Wildman–Crippen LogP) is 0.534. The maximum absolute atomic E-state index is 11.9. The van der Waals surface area contributed by atoms with Crippen LogP contribution >= 0.6 is 22.7 Å². The molecule has 0 aliphatic rings. The first-order valence-electron chi connectivity index (χ1n) is 5.39. The average molecular weight is 296 g/mol. The zero-order chi connectivity index (χ0) is 13.7. The fourth-order valence-electron chi connectivity index (χ4n) is 1.41. The van der Waals surface area contributed by atoms with Gasteiger partial charge in [0.1, 0.15) is 11.8 Å². The Labute approximate surface area is 117 Å². The van der Waals surface area contributed by atoms with E-state index in [1.165, 1.54) is 22.7 Å². The normalized spacial score (nSPS) is 10.1. The number of thiazole rings is 1. The van der Waals surface area contributed by atoms with Gasteiger partial charge < -0.3 is 20.5 Å². The number of nitrogens with zero attached hydrogens (tertiary/aromatic N) is 1. The first kappa shape index (κ1) is 13.5. The van der Waals surface area contributed by atoms with Crippen LogP contribution in [0.4, 0.5) is 4.79 Å². The lowest BCUT2D eigenvalue weighted by Gasteiger charge is -2.07. The van der Waals surface area contributed by atoms with E-state index in [1.807, 2.05) is 17.5 Å². The van der Waals surface area contributed by atoms with Crippen molar-refractivity contribution in [1.29, 1.82) is 0 Å². The number of nitrogens with one attached hydrogen (secondary N) is 2. The second-order valence-electron chi connectivity index (χ2n) is 3.48. The number of amides is 2. The first-order valence-corrected chi connectivity index (χ1v) is 7.15. The monoisotopic (exact) mass is 296 g/mol. The number of carbonyl (C=O) groups is 2. The van der Waals surface area contributed by atoms with Gasteiger partial charge in [-0.2, -0.15) is 0 Å². The topological polar surface area (TPSA) is 94.1 Å². The Balaban J connectivity index is 1.97. The molecule has 8 heteroatoms. The molecule has 0 aliphatic carbocycles. The maximum atomic E-state index is 11.9. The predicted molar refractivity (Wildman–Crippen MR) is 71.2 cm³/mol. The van der Waals surface area contributed by atoms with Crippen LogP contribution in [-0.2, 0) is 0 Å². The van der Waals surface area contributed by atoms with Crippen LogP contribution < -0.4 is 15.7 Å². The van der Waals surface area contributed by atoms with Crippen LogP contribution in [0.2, 0.25) is 0 Å². The lowest BCUT2D eigenvalue weighted by atomic mass is 10.3. The Morgan fingerprint density at radius 3 is 2.74 bits per heavy atom. The van der Waals surface area contributed by atoms with Crippen molar-refractivity contribution >= 4 is 34.7 Å². The summed E-state index contributed by atoms with van der Waals surface area (Å²) in [5.41, 5.74) is 1.98. The van der Waals surface area contributed by atoms with Gasteiger partial charge in [0, 0.05) is 18.0 Å². The van der Waals surface area contributed by atoms with Crippen molar-refractivity contribution in [2.45, 2.75) is 0 Å². The fourth-order valence-corrected chi connectivity index (χ4v) is 3.07. The van der Waals surface area contributed by atoms with Gasteiger partial charge in [0.15, 0.2) is 0 Å². The fraction of sp³-hybridized carbons (Fsp3) is 0.182. The third-order valence-electron chi connectivity index (χ3n) is 2.21. The molecule has 19 heavy (non-hydrogen) atoms. The number of aromatic nitrogens is 1. The molecular weight excluding hydrogens is 286 g/mol. The zero-order valence-corrected chi connectivity index (χ0v) is 11.3. The highest BCUT2D eigenvalue weighted by Crippen LogP contribution is 2.31. The van der Waals surface area contributed by atoms with Gasteiger partial charge in [-0.25, -0.2) is 4.98 Å². The lowest BCUT2D eigenvalue weighted by Crippen LogP contribution is -2.41. The Bertz CT molecular complexity index is 566. The molecule has 2 amide bonds. The molecule has 0 atom stereocenters. The van der Waals surface area contributed by atoms with Gasteiger partial charge >= 0.3 is 0 Å². The summed E-state index contributed by atoms with van der Waals surface area (Å²) in [6, 6.07) is 3.83. The molecule has 2 rings (SSSR count). The molecule has 0 unspecified atom stereocenters. The summed E-state index contributed by atoms with van der Waals surface area (Å²) in [7, 11) is 0. The maximum Gasteiger partial charge on any atom is 0.271 e. The molecule has 0 saturated heterocycles. The van der Waals surface area contributed by atoms with Crippen molar-refractivity contribution in [2.24, 2.45) is 0 Å². The number of rotatable bonds is 5. The van der Waals surface area contributed by atoms with Gasteiger partial charge in [-0.1, -0.05) is 6.07 Å². The number of carbonyl (C=O) groups excluding carboxylic acids is 2. The highest BCUT2D eigenvalue weighted by atomic mass is 32.1. The molecule has 6 nitrogen and oxygen atoms in total. The van der Waals surface area contributed by atoms with E-state index in [0.29, 0.717) is 5.69 Å². The quantitative estimate of drug-likeness (QED) is 0.787. The van der Waals surface area contributed by atoms with Crippen molar-refractivity contribution in [3.8, 4) is 9.75 Å². The van der Waals surface area contributed by atoms with E-state index in [1.54, 1.807) is 5.51 Å². The summed E-state index contributed by atoms with van der Waals surface area (Å²) in [5, 5.41) is 16.7. The van der Waals surface area contributed by atoms with E-state index >= 15 is 0 Å². The van der Waals surface area contributed by atoms with Crippen LogP contribution in [0.1, 0.15) is 10.5 Å². The molecule has 0 aromatic carbocycles. The number of carboxylic acid groups (broad SMARTS) is 1. The summed E-state index contributed by atoms with van der Waals surface area (Å²) in [6.07, 6.45) is -1.36. The second kappa shape index (κ2) is 6.30. The molecule has 0 aliphatic heterocycles. The minimum absolute atomic E-state index is 0.104. The molecule has 2 heterocycles. The Morgan fingerprint density at radius 2 is 2.05 bits per heavy atom. The molecule has 100 valence electrons. The van der Waals surface area contributed by atoms with E-state index in [9.17, 15) is 14.7 Å². The smallest absolute Gasteiger partial charge is 0.271 e. The van der Waals surface area contributed by atoms with Gasteiger partial charge in [0.05, 0.1) is 10.4 Å². The van der Waals surface area contributed by atoms with Gasteiger partial charge in [-0.3, -0.25) is 4.79 Å². The summed E-state index contributed by atoms with van der Waals surface area (Å²) < 4.78 is 0. The molecule has 0 spiro atoms. The van der Waals surface area contributed by atoms with Gasteiger partial charge in [0.25, 0.3) is 5.91 Å². The van der Waals surface area contributed by atoms with E-state index in [4.69, 9.17) is 0 Å². The van der Waals surface area contributed by atoms with E-state index in [-0.39, 0.29) is 19.0 Å². The SMILES string of the molecule is O=C([O-])NCCNC(=O)c1ncsc1-c1cccs1. The summed E-state index contributed by atoms with van der Waals surface area (Å²) in [5.74, 6) is -0.315. The zero-order valence-electron chi connectivity index (χ0n) is 9.71. The van der Waals surface area contributed by atoms with Crippen molar-refractivity contribution < 1.29 is 14.7 Å². The summed E-state index contributed by atoms with van der Waals surface area (Å²) in [4.78, 5) is 27.9. The van der Waals surface area contributed by atoms with E-state index in [2.05, 4.69) is 15.6 Å². The standard InChI is InChI=1S/C11H11N3O3S2/c15-10(12-3-4-13-11(16)17)8-9(19-6-14-8)7-2-1-5-18-7/h1-2,5-6,13H,3-4H2,(H,12,15)(H,16,17)/p-1. The van der Waals surface area contributed by atoms with Crippen molar-refractivity contribution in [3.63, 3.8) is 0 Å². The number of hydrogen-bond acceptors (Lipinski definition) is 6. The molecule has 2 N–H and O–H groups in total. The highest BCUT2D eigenvalue weighted by Gasteiger charge is 2.16. The van der Waals surface area contributed by atoms with Crippen molar-refractivity contribution in [1.82, 2.24) is 15.6 Å². The Hall–Kier alpha value is -1.93. The van der Waals surface area contributed by atoms with Crippen LogP contribution in [0, 0.1) is 0 Å². The van der Waals surface area contributed by atoms with Crippen LogP contribution in [0.5, 0.6) is 0 Å². The number of thiophene rings is 1. The lowest BCUT2D eigenvalue weighted by molar-refractivity contribution is -0.250. The van der Waals surface area contributed by atoms with Crippen molar-refractivity contribution in [3.05, 3.63) is 28.7 Å². The van der Waals surface area contributed by atoms with Gasteiger partial charge in [-0.05, 0) is 11.4 Å². The molecular formula is C11H10N3O3S2-. The Morgan fingerprint density at radius 1 is 1.26 bits per heavy atom. The van der Waals surface area contributed by atoms with E-state index < -0.39 is 6.09 Å².